The SMILES string of the molecule is Cc1cc2ccccc2nc1N(C)C(C)CO. The molecule has 2 aromatic rings. The zero-order valence-electron chi connectivity index (χ0n) is 10.5. The summed E-state index contributed by atoms with van der Waals surface area (Å²) in [6.45, 7) is 4.16. The molecule has 2 rings (SSSR count). The van der Waals surface area contributed by atoms with Gasteiger partial charge in [-0.05, 0) is 31.5 Å². The minimum absolute atomic E-state index is 0.0716. The van der Waals surface area contributed by atoms with E-state index in [9.17, 15) is 5.11 Å². The topological polar surface area (TPSA) is 36.4 Å². The normalized spacial score (nSPS) is 12.7. The number of aliphatic hydroxyl groups excluding tert-OH is 1. The lowest BCUT2D eigenvalue weighted by atomic mass is 10.1. The number of nitrogens with zero attached hydrogens (tertiary/aromatic N) is 2. The molecular formula is C14H18N2O. The Balaban J connectivity index is 2.50. The van der Waals surface area contributed by atoms with E-state index in [4.69, 9.17) is 0 Å². The van der Waals surface area contributed by atoms with Crippen LogP contribution in [0.15, 0.2) is 30.3 Å². The van der Waals surface area contributed by atoms with Gasteiger partial charge in [0.15, 0.2) is 0 Å². The van der Waals surface area contributed by atoms with Crippen molar-refractivity contribution in [2.24, 2.45) is 0 Å². The minimum atomic E-state index is 0.0716. The van der Waals surface area contributed by atoms with Crippen LogP contribution in [0.5, 0.6) is 0 Å². The number of aromatic nitrogens is 1. The summed E-state index contributed by atoms with van der Waals surface area (Å²) in [6, 6.07) is 10.3. The van der Waals surface area contributed by atoms with Crippen LogP contribution >= 0.6 is 0 Å². The van der Waals surface area contributed by atoms with Gasteiger partial charge in [-0.25, -0.2) is 4.98 Å². The number of aliphatic hydroxyl groups is 1. The predicted octanol–water partition coefficient (Wildman–Crippen LogP) is 2.36. The van der Waals surface area contributed by atoms with Gasteiger partial charge in [-0.1, -0.05) is 18.2 Å². The van der Waals surface area contributed by atoms with Crippen molar-refractivity contribution in [1.82, 2.24) is 4.98 Å². The number of rotatable bonds is 3. The van der Waals surface area contributed by atoms with Crippen LogP contribution < -0.4 is 4.90 Å². The van der Waals surface area contributed by atoms with Crippen LogP contribution in [0.2, 0.25) is 0 Å². The largest absolute Gasteiger partial charge is 0.394 e. The lowest BCUT2D eigenvalue weighted by Crippen LogP contribution is -2.33. The van der Waals surface area contributed by atoms with Gasteiger partial charge in [-0.15, -0.1) is 0 Å². The zero-order chi connectivity index (χ0) is 12.4. The Hall–Kier alpha value is -1.61. The Bertz CT molecular complexity index is 525. The molecule has 0 aliphatic carbocycles. The highest BCUT2D eigenvalue weighted by Crippen LogP contribution is 2.23. The maximum absolute atomic E-state index is 9.20. The number of benzene rings is 1. The molecule has 90 valence electrons. The van der Waals surface area contributed by atoms with Crippen molar-refractivity contribution >= 4 is 16.7 Å². The van der Waals surface area contributed by atoms with Gasteiger partial charge in [0.1, 0.15) is 5.82 Å². The van der Waals surface area contributed by atoms with E-state index >= 15 is 0 Å². The maximum atomic E-state index is 9.20. The first-order valence-corrected chi connectivity index (χ1v) is 5.83. The molecule has 1 atom stereocenters. The van der Waals surface area contributed by atoms with Crippen molar-refractivity contribution in [3.8, 4) is 0 Å². The summed E-state index contributed by atoms with van der Waals surface area (Å²) >= 11 is 0. The van der Waals surface area contributed by atoms with E-state index in [2.05, 4.69) is 24.0 Å². The van der Waals surface area contributed by atoms with Crippen LogP contribution in [-0.2, 0) is 0 Å². The molecule has 1 aromatic carbocycles. The fourth-order valence-corrected chi connectivity index (χ4v) is 1.90. The number of fused-ring (bicyclic) bond motifs is 1. The Labute approximate surface area is 102 Å². The van der Waals surface area contributed by atoms with E-state index in [1.807, 2.05) is 37.1 Å². The molecule has 3 nitrogen and oxygen atoms in total. The Kier molecular flexibility index (Phi) is 3.29. The number of pyridine rings is 1. The monoisotopic (exact) mass is 230 g/mol. The fraction of sp³-hybridized carbons (Fsp3) is 0.357. The predicted molar refractivity (Wildman–Crippen MR) is 71.4 cm³/mol. The van der Waals surface area contributed by atoms with Crippen LogP contribution in [0.25, 0.3) is 10.9 Å². The van der Waals surface area contributed by atoms with Crippen molar-refractivity contribution in [2.75, 3.05) is 18.6 Å². The molecule has 0 saturated carbocycles. The number of likely N-dealkylation sites (N-methyl/N-ethyl adjacent to an activating group) is 1. The van der Waals surface area contributed by atoms with Gasteiger partial charge in [-0.2, -0.15) is 0 Å². The highest BCUT2D eigenvalue weighted by atomic mass is 16.3. The Morgan fingerprint density at radius 3 is 2.76 bits per heavy atom. The van der Waals surface area contributed by atoms with Gasteiger partial charge in [0.2, 0.25) is 0 Å². The quantitative estimate of drug-likeness (QED) is 0.879. The first-order valence-electron chi connectivity index (χ1n) is 5.83. The molecule has 0 aliphatic rings. The number of anilines is 1. The molecule has 0 fully saturated rings. The summed E-state index contributed by atoms with van der Waals surface area (Å²) in [6.07, 6.45) is 0. The van der Waals surface area contributed by atoms with E-state index in [1.165, 1.54) is 0 Å². The fourth-order valence-electron chi connectivity index (χ4n) is 1.90. The van der Waals surface area contributed by atoms with Crippen molar-refractivity contribution < 1.29 is 5.11 Å². The van der Waals surface area contributed by atoms with Gasteiger partial charge in [-0.3, -0.25) is 0 Å². The second kappa shape index (κ2) is 4.72. The van der Waals surface area contributed by atoms with Crippen LogP contribution in [-0.4, -0.2) is 29.8 Å². The number of hydrogen-bond acceptors (Lipinski definition) is 3. The van der Waals surface area contributed by atoms with Crippen LogP contribution in [0, 0.1) is 6.92 Å². The molecule has 1 N–H and O–H groups in total. The van der Waals surface area contributed by atoms with E-state index in [0.717, 1.165) is 22.3 Å². The average Bonchev–Trinajstić information content (AvgIpc) is 2.36. The van der Waals surface area contributed by atoms with Crippen LogP contribution in [0.4, 0.5) is 5.82 Å². The minimum Gasteiger partial charge on any atom is -0.394 e. The zero-order valence-corrected chi connectivity index (χ0v) is 10.5. The second-order valence-electron chi connectivity index (χ2n) is 4.46. The number of para-hydroxylation sites is 1. The van der Waals surface area contributed by atoms with Crippen molar-refractivity contribution in [2.45, 2.75) is 19.9 Å². The highest BCUT2D eigenvalue weighted by molar-refractivity contribution is 5.81. The first-order chi connectivity index (χ1) is 8.13. The van der Waals surface area contributed by atoms with Crippen molar-refractivity contribution in [3.63, 3.8) is 0 Å². The smallest absolute Gasteiger partial charge is 0.132 e. The molecule has 0 saturated heterocycles. The Morgan fingerprint density at radius 1 is 1.35 bits per heavy atom. The van der Waals surface area contributed by atoms with E-state index < -0.39 is 0 Å². The van der Waals surface area contributed by atoms with Gasteiger partial charge in [0.25, 0.3) is 0 Å². The molecule has 0 amide bonds. The molecule has 1 aromatic heterocycles. The summed E-state index contributed by atoms with van der Waals surface area (Å²) < 4.78 is 0. The van der Waals surface area contributed by atoms with Crippen LogP contribution in [0.3, 0.4) is 0 Å². The van der Waals surface area contributed by atoms with Crippen molar-refractivity contribution in [3.05, 3.63) is 35.9 Å². The second-order valence-corrected chi connectivity index (χ2v) is 4.46. The third kappa shape index (κ3) is 2.24. The lowest BCUT2D eigenvalue weighted by molar-refractivity contribution is 0.270. The summed E-state index contributed by atoms with van der Waals surface area (Å²) in [5.74, 6) is 0.935. The molecule has 17 heavy (non-hydrogen) atoms. The third-order valence-corrected chi connectivity index (χ3v) is 3.15. The maximum Gasteiger partial charge on any atom is 0.132 e. The highest BCUT2D eigenvalue weighted by Gasteiger charge is 2.13. The third-order valence-electron chi connectivity index (χ3n) is 3.15. The Morgan fingerprint density at radius 2 is 2.06 bits per heavy atom. The molecule has 1 unspecified atom stereocenters. The molecule has 0 spiro atoms. The summed E-state index contributed by atoms with van der Waals surface area (Å²) in [5.41, 5.74) is 2.12. The van der Waals surface area contributed by atoms with Crippen LogP contribution in [0.1, 0.15) is 12.5 Å². The average molecular weight is 230 g/mol. The standard InChI is InChI=1S/C14H18N2O/c1-10-8-12-6-4-5-7-13(12)15-14(10)16(3)11(2)9-17/h4-8,11,17H,9H2,1-3H3. The van der Waals surface area contributed by atoms with E-state index in [-0.39, 0.29) is 12.6 Å². The number of hydrogen-bond donors (Lipinski definition) is 1. The first kappa shape index (κ1) is 11.9. The van der Waals surface area contributed by atoms with Gasteiger partial charge in [0, 0.05) is 12.4 Å². The molecule has 0 bridgehead atoms. The molecule has 3 heteroatoms. The molecule has 1 heterocycles. The summed E-state index contributed by atoms with van der Waals surface area (Å²) in [7, 11) is 1.96. The molecular weight excluding hydrogens is 212 g/mol. The summed E-state index contributed by atoms with van der Waals surface area (Å²) in [5, 5.41) is 10.4. The number of aryl methyl sites for hydroxylation is 1. The van der Waals surface area contributed by atoms with E-state index in [0.29, 0.717) is 0 Å². The van der Waals surface area contributed by atoms with E-state index in [1.54, 1.807) is 0 Å². The molecule has 0 radical (unpaired) electrons. The molecule has 0 aliphatic heterocycles. The van der Waals surface area contributed by atoms with Crippen molar-refractivity contribution in [1.29, 1.82) is 0 Å². The van der Waals surface area contributed by atoms with Gasteiger partial charge < -0.3 is 10.0 Å². The van der Waals surface area contributed by atoms with Gasteiger partial charge in [0.05, 0.1) is 18.2 Å². The summed E-state index contributed by atoms with van der Waals surface area (Å²) in [4.78, 5) is 6.67. The van der Waals surface area contributed by atoms with Gasteiger partial charge >= 0.3 is 0 Å². The lowest BCUT2D eigenvalue weighted by Gasteiger charge is -2.26.